The molecule has 0 aliphatic carbocycles. The van der Waals surface area contributed by atoms with E-state index in [4.69, 9.17) is 0 Å². The van der Waals surface area contributed by atoms with E-state index in [9.17, 15) is 14.7 Å². The number of nitrogens with zero attached hydrogens (tertiary/aromatic N) is 2. The molecule has 6 heteroatoms. The Hall–Kier alpha value is -2.63. The van der Waals surface area contributed by atoms with Crippen molar-refractivity contribution in [3.8, 4) is 0 Å². The van der Waals surface area contributed by atoms with Crippen LogP contribution < -0.4 is 5.32 Å². The van der Waals surface area contributed by atoms with Crippen LogP contribution in [0.15, 0.2) is 42.7 Å². The van der Waals surface area contributed by atoms with Gasteiger partial charge >= 0.3 is 5.97 Å². The Morgan fingerprint density at radius 2 is 2.05 bits per heavy atom. The molecule has 1 atom stereocenters. The molecule has 0 saturated heterocycles. The Balaban J connectivity index is 2.03. The Morgan fingerprint density at radius 3 is 2.68 bits per heavy atom. The fourth-order valence-corrected chi connectivity index (χ4v) is 2.12. The number of hydrogen-bond acceptors (Lipinski definition) is 3. The second kappa shape index (κ2) is 7.40. The molecule has 0 spiro atoms. The molecule has 0 saturated carbocycles. The van der Waals surface area contributed by atoms with Crippen molar-refractivity contribution in [2.24, 2.45) is 0 Å². The van der Waals surface area contributed by atoms with Gasteiger partial charge in [-0.15, -0.1) is 0 Å². The van der Waals surface area contributed by atoms with E-state index in [1.807, 2.05) is 37.3 Å². The molecule has 6 nitrogen and oxygen atoms in total. The van der Waals surface area contributed by atoms with Crippen molar-refractivity contribution in [3.63, 3.8) is 0 Å². The van der Waals surface area contributed by atoms with Crippen molar-refractivity contribution in [1.29, 1.82) is 0 Å². The summed E-state index contributed by atoms with van der Waals surface area (Å²) in [5, 5.41) is 15.9. The predicted octanol–water partition coefficient (Wildman–Crippen LogP) is 1.72. The zero-order valence-electron chi connectivity index (χ0n) is 12.4. The minimum atomic E-state index is -1.06. The quantitative estimate of drug-likeness (QED) is 0.815. The van der Waals surface area contributed by atoms with Gasteiger partial charge in [-0.1, -0.05) is 37.3 Å². The van der Waals surface area contributed by atoms with Gasteiger partial charge in [0.15, 0.2) is 0 Å². The monoisotopic (exact) mass is 301 g/mol. The summed E-state index contributed by atoms with van der Waals surface area (Å²) in [7, 11) is 0. The summed E-state index contributed by atoms with van der Waals surface area (Å²) in [6.45, 7) is 2.74. The van der Waals surface area contributed by atoms with Crippen LogP contribution in [0.4, 0.5) is 0 Å². The SMILES string of the molecule is CCCn1cc(C(=O)N[C@H](Cc2ccccc2)C(=O)O)cn1. The molecule has 1 heterocycles. The lowest BCUT2D eigenvalue weighted by atomic mass is 10.1. The smallest absolute Gasteiger partial charge is 0.326 e. The van der Waals surface area contributed by atoms with E-state index in [1.165, 1.54) is 6.20 Å². The zero-order valence-corrected chi connectivity index (χ0v) is 12.4. The fourth-order valence-electron chi connectivity index (χ4n) is 2.12. The van der Waals surface area contributed by atoms with Crippen LogP contribution in [0.2, 0.25) is 0 Å². The molecule has 1 amide bonds. The number of carboxylic acid groups (broad SMARTS) is 1. The minimum absolute atomic E-state index is 0.241. The Bertz CT molecular complexity index is 637. The Kier molecular flexibility index (Phi) is 5.30. The second-order valence-electron chi connectivity index (χ2n) is 5.05. The summed E-state index contributed by atoms with van der Waals surface area (Å²) in [6, 6.07) is 8.24. The van der Waals surface area contributed by atoms with Crippen LogP contribution in [0.25, 0.3) is 0 Å². The largest absolute Gasteiger partial charge is 0.480 e. The first-order valence-corrected chi connectivity index (χ1v) is 7.20. The maximum Gasteiger partial charge on any atom is 0.326 e. The first-order valence-electron chi connectivity index (χ1n) is 7.20. The van der Waals surface area contributed by atoms with Crippen molar-refractivity contribution in [2.45, 2.75) is 32.4 Å². The number of benzene rings is 1. The van der Waals surface area contributed by atoms with Crippen LogP contribution in [0.3, 0.4) is 0 Å². The summed E-state index contributed by atoms with van der Waals surface area (Å²) in [4.78, 5) is 23.5. The third-order valence-corrected chi connectivity index (χ3v) is 3.23. The van der Waals surface area contributed by atoms with Gasteiger partial charge in [-0.2, -0.15) is 5.10 Å². The van der Waals surface area contributed by atoms with Gasteiger partial charge in [-0.25, -0.2) is 4.79 Å². The van der Waals surface area contributed by atoms with E-state index in [-0.39, 0.29) is 6.42 Å². The van der Waals surface area contributed by atoms with Crippen LogP contribution in [0.5, 0.6) is 0 Å². The van der Waals surface area contributed by atoms with E-state index in [2.05, 4.69) is 10.4 Å². The second-order valence-corrected chi connectivity index (χ2v) is 5.05. The number of carbonyl (C=O) groups excluding carboxylic acids is 1. The molecule has 2 N–H and O–H groups in total. The predicted molar refractivity (Wildman–Crippen MR) is 81.6 cm³/mol. The van der Waals surface area contributed by atoms with Crippen LogP contribution in [0, 0.1) is 0 Å². The summed E-state index contributed by atoms with van der Waals surface area (Å²) in [5.41, 5.74) is 1.23. The average molecular weight is 301 g/mol. The number of carboxylic acids is 1. The molecule has 0 fully saturated rings. The van der Waals surface area contributed by atoms with Crippen LogP contribution >= 0.6 is 0 Å². The maximum atomic E-state index is 12.1. The molecule has 0 aliphatic heterocycles. The molecule has 2 rings (SSSR count). The highest BCUT2D eigenvalue weighted by molar-refractivity contribution is 5.96. The van der Waals surface area contributed by atoms with E-state index < -0.39 is 17.9 Å². The lowest BCUT2D eigenvalue weighted by Crippen LogP contribution is -2.42. The van der Waals surface area contributed by atoms with Gasteiger partial charge in [0, 0.05) is 19.2 Å². The minimum Gasteiger partial charge on any atom is -0.480 e. The molecular weight excluding hydrogens is 282 g/mol. The third kappa shape index (κ3) is 4.18. The number of carbonyl (C=O) groups is 2. The third-order valence-electron chi connectivity index (χ3n) is 3.23. The Morgan fingerprint density at radius 1 is 1.32 bits per heavy atom. The van der Waals surface area contributed by atoms with Gasteiger partial charge < -0.3 is 10.4 Å². The number of aliphatic carboxylic acids is 1. The van der Waals surface area contributed by atoms with Gasteiger partial charge in [-0.05, 0) is 12.0 Å². The van der Waals surface area contributed by atoms with Crippen molar-refractivity contribution in [2.75, 3.05) is 0 Å². The molecular formula is C16H19N3O3. The maximum absolute atomic E-state index is 12.1. The standard InChI is InChI=1S/C16H19N3O3/c1-2-8-19-11-13(10-17-19)15(20)18-14(16(21)22)9-12-6-4-3-5-7-12/h3-7,10-11,14H,2,8-9H2,1H3,(H,18,20)(H,21,22)/t14-/m1/s1. The number of rotatable bonds is 7. The first kappa shape index (κ1) is 15.8. The molecule has 1 aromatic heterocycles. The molecule has 22 heavy (non-hydrogen) atoms. The van der Waals surface area contributed by atoms with Crippen molar-refractivity contribution >= 4 is 11.9 Å². The summed E-state index contributed by atoms with van der Waals surface area (Å²) < 4.78 is 1.67. The van der Waals surface area contributed by atoms with Crippen LogP contribution in [0.1, 0.15) is 29.3 Å². The number of aryl methyl sites for hydroxylation is 1. The summed E-state index contributed by atoms with van der Waals surface area (Å²) >= 11 is 0. The van der Waals surface area contributed by atoms with E-state index in [0.717, 1.165) is 18.5 Å². The van der Waals surface area contributed by atoms with E-state index >= 15 is 0 Å². The molecule has 0 aliphatic rings. The summed E-state index contributed by atoms with van der Waals surface area (Å²) in [5.74, 6) is -1.48. The van der Waals surface area contributed by atoms with Crippen molar-refractivity contribution in [1.82, 2.24) is 15.1 Å². The zero-order chi connectivity index (χ0) is 15.9. The molecule has 0 unspecified atom stereocenters. The molecule has 1 aromatic carbocycles. The molecule has 116 valence electrons. The van der Waals surface area contributed by atoms with Gasteiger partial charge in [-0.3, -0.25) is 9.48 Å². The van der Waals surface area contributed by atoms with Crippen molar-refractivity contribution in [3.05, 3.63) is 53.9 Å². The Labute approximate surface area is 128 Å². The lowest BCUT2D eigenvalue weighted by Gasteiger charge is -2.14. The van der Waals surface area contributed by atoms with Gasteiger partial charge in [0.2, 0.25) is 0 Å². The number of aromatic nitrogens is 2. The van der Waals surface area contributed by atoms with E-state index in [0.29, 0.717) is 5.56 Å². The average Bonchev–Trinajstić information content (AvgIpc) is 2.96. The highest BCUT2D eigenvalue weighted by Crippen LogP contribution is 2.05. The molecule has 0 radical (unpaired) electrons. The van der Waals surface area contributed by atoms with Gasteiger partial charge in [0.05, 0.1) is 11.8 Å². The summed E-state index contributed by atoms with van der Waals surface area (Å²) in [6.07, 6.45) is 4.23. The number of hydrogen-bond donors (Lipinski definition) is 2. The van der Waals surface area contributed by atoms with Crippen LogP contribution in [-0.2, 0) is 17.8 Å². The van der Waals surface area contributed by atoms with E-state index in [1.54, 1.807) is 10.9 Å². The molecule has 0 bridgehead atoms. The fraction of sp³-hybridized carbons (Fsp3) is 0.312. The first-order chi connectivity index (χ1) is 10.6. The molecule has 2 aromatic rings. The normalized spacial score (nSPS) is 11.9. The van der Waals surface area contributed by atoms with Crippen LogP contribution in [-0.4, -0.2) is 32.8 Å². The topological polar surface area (TPSA) is 84.2 Å². The number of amides is 1. The number of nitrogens with one attached hydrogen (secondary N) is 1. The van der Waals surface area contributed by atoms with Gasteiger partial charge in [0.1, 0.15) is 6.04 Å². The highest BCUT2D eigenvalue weighted by Gasteiger charge is 2.21. The highest BCUT2D eigenvalue weighted by atomic mass is 16.4. The van der Waals surface area contributed by atoms with Crippen molar-refractivity contribution < 1.29 is 14.7 Å². The van der Waals surface area contributed by atoms with Gasteiger partial charge in [0.25, 0.3) is 5.91 Å². The lowest BCUT2D eigenvalue weighted by molar-refractivity contribution is -0.139.